The first-order valence-electron chi connectivity index (χ1n) is 12.7. The maximum atomic E-state index is 12.7. The Bertz CT molecular complexity index is 969. The minimum atomic E-state index is -0.619. The van der Waals surface area contributed by atoms with Crippen molar-refractivity contribution in [1.82, 2.24) is 15.2 Å². The van der Waals surface area contributed by atoms with E-state index in [9.17, 15) is 9.59 Å². The second-order valence-corrected chi connectivity index (χ2v) is 9.87. The molecule has 0 radical (unpaired) electrons. The fourth-order valence-electron chi connectivity index (χ4n) is 3.78. The zero-order valence-corrected chi connectivity index (χ0v) is 21.6. The van der Waals surface area contributed by atoms with E-state index >= 15 is 0 Å². The molecule has 2 aromatic rings. The molecule has 9 nitrogen and oxygen atoms in total. The number of nitrogens with zero attached hydrogens (tertiary/aromatic N) is 2. The highest BCUT2D eigenvalue weighted by Gasteiger charge is 2.18. The molecule has 0 atom stereocenters. The number of para-hydroxylation sites is 2. The number of carbonyl (C=O) groups is 2. The van der Waals surface area contributed by atoms with Gasteiger partial charge in [0.2, 0.25) is 0 Å². The van der Waals surface area contributed by atoms with Crippen LogP contribution in [0.1, 0.15) is 56.1 Å². The van der Waals surface area contributed by atoms with Gasteiger partial charge in [-0.05, 0) is 70.5 Å². The van der Waals surface area contributed by atoms with Crippen molar-refractivity contribution in [2.45, 2.75) is 52.2 Å². The number of pyridine rings is 1. The largest absolute Gasteiger partial charge is 0.444 e. The molecule has 0 saturated carbocycles. The fraction of sp³-hybridized carbons (Fsp3) is 0.519. The molecule has 1 saturated heterocycles. The maximum absolute atomic E-state index is 12.7. The third-order valence-corrected chi connectivity index (χ3v) is 5.63. The van der Waals surface area contributed by atoms with Gasteiger partial charge in [0.15, 0.2) is 0 Å². The van der Waals surface area contributed by atoms with Crippen LogP contribution in [0.4, 0.5) is 16.2 Å². The zero-order chi connectivity index (χ0) is 25.8. The standard InChI is InChI=1S/C27H39N5O4/c1-27(2,3)36-26(34)31-23-10-6-5-9-22(23)30-25(33)24-12-11-21(20-29-24)19-28-13-7-4-8-14-32-15-17-35-18-16-32/h5-6,9-12,20,28H,4,7-8,13-19H2,1-3H3,(H,30,33)(H,31,34). The maximum Gasteiger partial charge on any atom is 0.412 e. The van der Waals surface area contributed by atoms with Crippen LogP contribution in [-0.2, 0) is 16.0 Å². The number of hydrogen-bond acceptors (Lipinski definition) is 7. The molecule has 0 aliphatic carbocycles. The molecule has 9 heteroatoms. The van der Waals surface area contributed by atoms with Crippen molar-refractivity contribution >= 4 is 23.4 Å². The smallest absolute Gasteiger partial charge is 0.412 e. The molecule has 0 unspecified atom stereocenters. The Balaban J connectivity index is 1.39. The van der Waals surface area contributed by atoms with E-state index in [1.165, 1.54) is 12.8 Å². The van der Waals surface area contributed by atoms with Gasteiger partial charge in [0, 0.05) is 25.8 Å². The highest BCUT2D eigenvalue weighted by molar-refractivity contribution is 6.05. The molecular weight excluding hydrogens is 458 g/mol. The second kappa shape index (κ2) is 13.9. The molecule has 196 valence electrons. The van der Waals surface area contributed by atoms with Crippen LogP contribution in [0.25, 0.3) is 0 Å². The molecule has 3 N–H and O–H groups in total. The number of hydrogen-bond donors (Lipinski definition) is 3. The van der Waals surface area contributed by atoms with Crippen molar-refractivity contribution in [3.05, 3.63) is 53.9 Å². The molecule has 2 heterocycles. The fourth-order valence-corrected chi connectivity index (χ4v) is 3.78. The van der Waals surface area contributed by atoms with Gasteiger partial charge in [0.05, 0.1) is 24.6 Å². The molecule has 1 aromatic carbocycles. The van der Waals surface area contributed by atoms with Crippen molar-refractivity contribution in [3.63, 3.8) is 0 Å². The average Bonchev–Trinajstić information content (AvgIpc) is 2.84. The Morgan fingerprint density at radius 2 is 1.72 bits per heavy atom. The monoisotopic (exact) mass is 497 g/mol. The Morgan fingerprint density at radius 1 is 1.00 bits per heavy atom. The van der Waals surface area contributed by atoms with Gasteiger partial charge in [0.25, 0.3) is 5.91 Å². The van der Waals surface area contributed by atoms with Gasteiger partial charge in [0.1, 0.15) is 11.3 Å². The summed E-state index contributed by atoms with van der Waals surface area (Å²) in [5.41, 5.74) is 1.62. The summed E-state index contributed by atoms with van der Waals surface area (Å²) in [5.74, 6) is -0.354. The average molecular weight is 498 g/mol. The van der Waals surface area contributed by atoms with E-state index in [2.05, 4.69) is 25.8 Å². The number of rotatable bonds is 11. The van der Waals surface area contributed by atoms with Crippen LogP contribution in [0, 0.1) is 0 Å². The number of benzene rings is 1. The van der Waals surface area contributed by atoms with Crippen LogP contribution in [0.3, 0.4) is 0 Å². The highest BCUT2D eigenvalue weighted by atomic mass is 16.6. The zero-order valence-electron chi connectivity index (χ0n) is 21.6. The molecule has 0 bridgehead atoms. The van der Waals surface area contributed by atoms with Gasteiger partial charge < -0.3 is 20.1 Å². The summed E-state index contributed by atoms with van der Waals surface area (Å²) < 4.78 is 10.7. The van der Waals surface area contributed by atoms with Crippen LogP contribution in [0.5, 0.6) is 0 Å². The van der Waals surface area contributed by atoms with E-state index in [0.29, 0.717) is 23.6 Å². The molecule has 3 rings (SSSR count). The predicted molar refractivity (Wildman–Crippen MR) is 141 cm³/mol. The summed E-state index contributed by atoms with van der Waals surface area (Å²) in [5, 5.41) is 8.94. The number of aromatic nitrogens is 1. The minimum absolute atomic E-state index is 0.300. The van der Waals surface area contributed by atoms with Crippen LogP contribution in [-0.4, -0.2) is 66.9 Å². The van der Waals surface area contributed by atoms with Gasteiger partial charge in [-0.15, -0.1) is 0 Å². The van der Waals surface area contributed by atoms with Crippen LogP contribution >= 0.6 is 0 Å². The molecule has 36 heavy (non-hydrogen) atoms. The van der Waals surface area contributed by atoms with Crippen LogP contribution in [0.2, 0.25) is 0 Å². The lowest BCUT2D eigenvalue weighted by Gasteiger charge is -2.26. The van der Waals surface area contributed by atoms with E-state index in [4.69, 9.17) is 9.47 Å². The molecule has 1 aliphatic heterocycles. The van der Waals surface area contributed by atoms with Crippen molar-refractivity contribution in [2.75, 3.05) is 50.0 Å². The lowest BCUT2D eigenvalue weighted by molar-refractivity contribution is 0.0371. The first-order chi connectivity index (χ1) is 17.3. The molecular formula is C27H39N5O4. The molecule has 1 fully saturated rings. The summed E-state index contributed by atoms with van der Waals surface area (Å²) in [6.45, 7) is 12.0. The Labute approximate surface area is 214 Å². The summed E-state index contributed by atoms with van der Waals surface area (Å²) in [7, 11) is 0. The van der Waals surface area contributed by atoms with Crippen molar-refractivity contribution < 1.29 is 19.1 Å². The lowest BCUT2D eigenvalue weighted by Crippen LogP contribution is -2.36. The van der Waals surface area contributed by atoms with E-state index < -0.39 is 11.7 Å². The van der Waals surface area contributed by atoms with E-state index in [1.54, 1.807) is 57.3 Å². The van der Waals surface area contributed by atoms with Crippen LogP contribution in [0.15, 0.2) is 42.6 Å². The van der Waals surface area contributed by atoms with E-state index in [0.717, 1.165) is 51.4 Å². The van der Waals surface area contributed by atoms with Gasteiger partial charge in [-0.25, -0.2) is 4.79 Å². The third-order valence-electron chi connectivity index (χ3n) is 5.63. The number of amides is 2. The van der Waals surface area contributed by atoms with Gasteiger partial charge in [-0.2, -0.15) is 0 Å². The molecule has 1 aliphatic rings. The van der Waals surface area contributed by atoms with Crippen molar-refractivity contribution in [1.29, 1.82) is 0 Å². The number of nitrogens with one attached hydrogen (secondary N) is 3. The number of carbonyl (C=O) groups excluding carboxylic acids is 2. The summed E-state index contributed by atoms with van der Waals surface area (Å²) in [6.07, 6.45) is 4.67. The number of anilines is 2. The van der Waals surface area contributed by atoms with Crippen LogP contribution < -0.4 is 16.0 Å². The number of unbranched alkanes of at least 4 members (excludes halogenated alkanes) is 2. The van der Waals surface area contributed by atoms with E-state index in [1.807, 2.05) is 6.07 Å². The first-order valence-corrected chi connectivity index (χ1v) is 12.7. The second-order valence-electron chi connectivity index (χ2n) is 9.87. The number of ether oxygens (including phenoxy) is 2. The summed E-state index contributed by atoms with van der Waals surface area (Å²) in [6, 6.07) is 10.6. The van der Waals surface area contributed by atoms with Gasteiger partial charge in [-0.1, -0.05) is 24.6 Å². The number of morpholine rings is 1. The summed E-state index contributed by atoms with van der Waals surface area (Å²) in [4.78, 5) is 31.6. The SMILES string of the molecule is CC(C)(C)OC(=O)Nc1ccccc1NC(=O)c1ccc(CNCCCCCN2CCOCC2)cn1. The molecule has 1 aromatic heterocycles. The van der Waals surface area contributed by atoms with Gasteiger partial charge in [-0.3, -0.25) is 20.0 Å². The predicted octanol–water partition coefficient (Wildman–Crippen LogP) is 4.27. The van der Waals surface area contributed by atoms with Crippen molar-refractivity contribution in [2.24, 2.45) is 0 Å². The minimum Gasteiger partial charge on any atom is -0.444 e. The Hall–Kier alpha value is -3.01. The lowest BCUT2D eigenvalue weighted by atomic mass is 10.2. The Kier molecular flexibility index (Phi) is 10.7. The third kappa shape index (κ3) is 9.93. The van der Waals surface area contributed by atoms with Gasteiger partial charge >= 0.3 is 6.09 Å². The quantitative estimate of drug-likeness (QED) is 0.398. The summed E-state index contributed by atoms with van der Waals surface area (Å²) >= 11 is 0. The normalized spacial score (nSPS) is 14.3. The Morgan fingerprint density at radius 3 is 2.39 bits per heavy atom. The molecule has 2 amide bonds. The van der Waals surface area contributed by atoms with Crippen molar-refractivity contribution in [3.8, 4) is 0 Å². The topological polar surface area (TPSA) is 105 Å². The highest BCUT2D eigenvalue weighted by Crippen LogP contribution is 2.22. The van der Waals surface area contributed by atoms with E-state index in [-0.39, 0.29) is 5.91 Å². The first kappa shape index (κ1) is 27.6. The molecule has 0 spiro atoms.